The average Bonchev–Trinajstić information content (AvgIpc) is 2.99. The fourth-order valence-electron chi connectivity index (χ4n) is 3.11. The Labute approximate surface area is 141 Å². The van der Waals surface area contributed by atoms with Crippen LogP contribution >= 0.6 is 0 Å². The number of aryl methyl sites for hydroxylation is 1. The van der Waals surface area contributed by atoms with Gasteiger partial charge in [0.15, 0.2) is 11.5 Å². The molecular weight excluding hydrogens is 306 g/mol. The molecule has 0 aromatic carbocycles. The van der Waals surface area contributed by atoms with E-state index >= 15 is 0 Å². The predicted octanol–water partition coefficient (Wildman–Crippen LogP) is 2.33. The van der Waals surface area contributed by atoms with Gasteiger partial charge in [-0.25, -0.2) is 4.98 Å². The molecule has 0 saturated heterocycles. The molecule has 0 saturated carbocycles. The predicted molar refractivity (Wildman–Crippen MR) is 89.1 cm³/mol. The Kier molecular flexibility index (Phi) is 4.26. The number of pyridine rings is 1. The summed E-state index contributed by atoms with van der Waals surface area (Å²) in [6.07, 6.45) is 1.68. The van der Waals surface area contributed by atoms with Gasteiger partial charge in [-0.2, -0.15) is 0 Å². The molecule has 1 aliphatic heterocycles. The van der Waals surface area contributed by atoms with Crippen molar-refractivity contribution in [3.8, 4) is 5.75 Å². The summed E-state index contributed by atoms with van der Waals surface area (Å²) in [4.78, 5) is 19.1. The molecule has 24 heavy (non-hydrogen) atoms. The molecule has 0 fully saturated rings. The summed E-state index contributed by atoms with van der Waals surface area (Å²) in [5, 5.41) is 8.60. The zero-order valence-corrected chi connectivity index (χ0v) is 14.8. The molecule has 7 nitrogen and oxygen atoms in total. The van der Waals surface area contributed by atoms with Gasteiger partial charge in [0.25, 0.3) is 5.91 Å². The zero-order chi connectivity index (χ0) is 17.4. The highest BCUT2D eigenvalue weighted by molar-refractivity contribution is 5.95. The van der Waals surface area contributed by atoms with Crippen LogP contribution in [0.5, 0.6) is 5.75 Å². The minimum Gasteiger partial charge on any atom is -0.494 e. The van der Waals surface area contributed by atoms with Crippen LogP contribution in [0, 0.1) is 6.92 Å². The molecule has 2 aromatic heterocycles. The van der Waals surface area contributed by atoms with Crippen molar-refractivity contribution in [2.45, 2.75) is 46.2 Å². The first-order valence-electron chi connectivity index (χ1n) is 8.18. The Morgan fingerprint density at radius 3 is 2.75 bits per heavy atom. The van der Waals surface area contributed by atoms with Crippen LogP contribution < -0.4 is 4.74 Å². The lowest BCUT2D eigenvalue weighted by atomic mass is 10.1. The number of methoxy groups -OCH3 is 1. The minimum atomic E-state index is -0.154. The van der Waals surface area contributed by atoms with Crippen molar-refractivity contribution in [1.29, 1.82) is 0 Å². The summed E-state index contributed by atoms with van der Waals surface area (Å²) < 4.78 is 7.46. The highest BCUT2D eigenvalue weighted by atomic mass is 16.5. The Bertz CT molecular complexity index is 768. The van der Waals surface area contributed by atoms with Gasteiger partial charge in [0.1, 0.15) is 11.6 Å². The van der Waals surface area contributed by atoms with E-state index in [0.29, 0.717) is 30.5 Å². The molecule has 7 heteroatoms. The maximum absolute atomic E-state index is 13.0. The van der Waals surface area contributed by atoms with Gasteiger partial charge < -0.3 is 14.2 Å². The van der Waals surface area contributed by atoms with Gasteiger partial charge in [0.05, 0.1) is 13.2 Å². The second-order valence-corrected chi connectivity index (χ2v) is 6.46. The van der Waals surface area contributed by atoms with E-state index in [1.54, 1.807) is 18.2 Å². The number of amides is 1. The molecule has 0 N–H and O–H groups in total. The largest absolute Gasteiger partial charge is 0.494 e. The Morgan fingerprint density at radius 1 is 1.33 bits per heavy atom. The van der Waals surface area contributed by atoms with Crippen molar-refractivity contribution in [3.05, 3.63) is 35.2 Å². The first kappa shape index (κ1) is 16.4. The molecule has 1 unspecified atom stereocenters. The second kappa shape index (κ2) is 6.22. The summed E-state index contributed by atoms with van der Waals surface area (Å²) in [7, 11) is 1.55. The Balaban J connectivity index is 1.92. The molecule has 2 aromatic rings. The Hall–Kier alpha value is -2.44. The van der Waals surface area contributed by atoms with Crippen LogP contribution in [-0.4, -0.2) is 44.2 Å². The topological polar surface area (TPSA) is 73.1 Å². The van der Waals surface area contributed by atoms with E-state index in [4.69, 9.17) is 4.74 Å². The van der Waals surface area contributed by atoms with Crippen LogP contribution in [0.2, 0.25) is 0 Å². The third-order valence-electron chi connectivity index (χ3n) is 4.40. The SMILES string of the molecule is COc1cc(C)cnc1C(=O)N1CCn2c(C(C)C)nnc2C1C. The molecule has 1 amide bonds. The van der Waals surface area contributed by atoms with Crippen molar-refractivity contribution in [2.75, 3.05) is 13.7 Å². The molecule has 0 radical (unpaired) electrons. The monoisotopic (exact) mass is 329 g/mol. The summed E-state index contributed by atoms with van der Waals surface area (Å²) in [5.41, 5.74) is 1.29. The lowest BCUT2D eigenvalue weighted by molar-refractivity contribution is 0.0626. The number of hydrogen-bond donors (Lipinski definition) is 0. The molecule has 128 valence electrons. The fourth-order valence-corrected chi connectivity index (χ4v) is 3.11. The first-order chi connectivity index (χ1) is 11.4. The van der Waals surface area contributed by atoms with Gasteiger partial charge in [0, 0.05) is 25.2 Å². The van der Waals surface area contributed by atoms with E-state index in [0.717, 1.165) is 17.2 Å². The highest BCUT2D eigenvalue weighted by Crippen LogP contribution is 2.29. The van der Waals surface area contributed by atoms with Gasteiger partial charge in [-0.15, -0.1) is 10.2 Å². The quantitative estimate of drug-likeness (QED) is 0.864. The van der Waals surface area contributed by atoms with Crippen LogP contribution in [-0.2, 0) is 6.54 Å². The number of carbonyl (C=O) groups excluding carboxylic acids is 1. The maximum atomic E-state index is 13.0. The molecule has 1 atom stereocenters. The lowest BCUT2D eigenvalue weighted by Gasteiger charge is -2.34. The molecule has 0 aliphatic carbocycles. The van der Waals surface area contributed by atoms with E-state index in [1.807, 2.05) is 19.9 Å². The van der Waals surface area contributed by atoms with E-state index in [9.17, 15) is 4.79 Å². The van der Waals surface area contributed by atoms with E-state index in [1.165, 1.54) is 0 Å². The molecule has 3 heterocycles. The van der Waals surface area contributed by atoms with Crippen molar-refractivity contribution in [3.63, 3.8) is 0 Å². The summed E-state index contributed by atoms with van der Waals surface area (Å²) in [5.74, 6) is 2.46. The Morgan fingerprint density at radius 2 is 2.08 bits per heavy atom. The van der Waals surface area contributed by atoms with Gasteiger partial charge in [0.2, 0.25) is 0 Å². The first-order valence-corrected chi connectivity index (χ1v) is 8.18. The van der Waals surface area contributed by atoms with Gasteiger partial charge in [-0.3, -0.25) is 4.79 Å². The number of hydrogen-bond acceptors (Lipinski definition) is 5. The minimum absolute atomic E-state index is 0.139. The smallest absolute Gasteiger partial charge is 0.276 e. The van der Waals surface area contributed by atoms with Crippen molar-refractivity contribution in [2.24, 2.45) is 0 Å². The molecule has 0 spiro atoms. The standard InChI is InChI=1S/C17H23N5O2/c1-10(2)15-19-20-16-12(4)21(6-7-22(15)16)17(23)14-13(24-5)8-11(3)9-18-14/h8-10,12H,6-7H2,1-5H3. The number of nitrogens with zero attached hydrogens (tertiary/aromatic N) is 5. The molecule has 0 bridgehead atoms. The van der Waals surface area contributed by atoms with Gasteiger partial charge >= 0.3 is 0 Å². The van der Waals surface area contributed by atoms with Crippen LogP contribution in [0.25, 0.3) is 0 Å². The van der Waals surface area contributed by atoms with Crippen LogP contribution in [0.3, 0.4) is 0 Å². The highest BCUT2D eigenvalue weighted by Gasteiger charge is 2.33. The molecule has 3 rings (SSSR count). The second-order valence-electron chi connectivity index (χ2n) is 6.46. The number of rotatable bonds is 3. The number of aromatic nitrogens is 4. The summed E-state index contributed by atoms with van der Waals surface area (Å²) in [6, 6.07) is 1.67. The third-order valence-corrected chi connectivity index (χ3v) is 4.40. The van der Waals surface area contributed by atoms with Crippen molar-refractivity contribution < 1.29 is 9.53 Å². The van der Waals surface area contributed by atoms with E-state index in [-0.39, 0.29) is 11.9 Å². The van der Waals surface area contributed by atoms with E-state index in [2.05, 4.69) is 33.6 Å². The molecule has 1 aliphatic rings. The van der Waals surface area contributed by atoms with Crippen LogP contribution in [0.4, 0.5) is 0 Å². The van der Waals surface area contributed by atoms with Crippen LogP contribution in [0.15, 0.2) is 12.3 Å². The summed E-state index contributed by atoms with van der Waals surface area (Å²) in [6.45, 7) is 9.39. The van der Waals surface area contributed by atoms with Crippen molar-refractivity contribution >= 4 is 5.91 Å². The van der Waals surface area contributed by atoms with Crippen molar-refractivity contribution in [1.82, 2.24) is 24.6 Å². The number of ether oxygens (including phenoxy) is 1. The van der Waals surface area contributed by atoms with Gasteiger partial charge in [-0.1, -0.05) is 13.8 Å². The molecular formula is C17H23N5O2. The normalized spacial score (nSPS) is 17.1. The van der Waals surface area contributed by atoms with Gasteiger partial charge in [-0.05, 0) is 25.5 Å². The lowest BCUT2D eigenvalue weighted by Crippen LogP contribution is -2.42. The average molecular weight is 329 g/mol. The summed E-state index contributed by atoms with van der Waals surface area (Å²) >= 11 is 0. The maximum Gasteiger partial charge on any atom is 0.276 e. The zero-order valence-electron chi connectivity index (χ0n) is 14.8. The third kappa shape index (κ3) is 2.64. The number of carbonyl (C=O) groups is 1. The fraction of sp³-hybridized carbons (Fsp3) is 0.529. The number of fused-ring (bicyclic) bond motifs is 1. The van der Waals surface area contributed by atoms with Crippen LogP contribution in [0.1, 0.15) is 60.4 Å². The van der Waals surface area contributed by atoms with E-state index < -0.39 is 0 Å².